The summed E-state index contributed by atoms with van der Waals surface area (Å²) < 4.78 is 19.0. The van der Waals surface area contributed by atoms with E-state index in [1.165, 1.54) is 30.2 Å². The van der Waals surface area contributed by atoms with Gasteiger partial charge in [-0.15, -0.1) is 11.3 Å². The highest BCUT2D eigenvalue weighted by atomic mass is 32.2. The predicted molar refractivity (Wildman–Crippen MR) is 75.6 cm³/mol. The van der Waals surface area contributed by atoms with Gasteiger partial charge in [0.25, 0.3) is 0 Å². The Morgan fingerprint density at radius 3 is 2.79 bits per heavy atom. The normalized spacial score (nSPS) is 24.4. The zero-order valence-electron chi connectivity index (χ0n) is 10.9. The van der Waals surface area contributed by atoms with Gasteiger partial charge in [0.1, 0.15) is 16.2 Å². The van der Waals surface area contributed by atoms with Gasteiger partial charge in [0.2, 0.25) is 0 Å². The summed E-state index contributed by atoms with van der Waals surface area (Å²) in [4.78, 5) is 20.2. The van der Waals surface area contributed by atoms with Crippen LogP contribution >= 0.6 is 23.1 Å². The lowest BCUT2D eigenvalue weighted by molar-refractivity contribution is -0.142. The molecule has 0 N–H and O–H groups in total. The van der Waals surface area contributed by atoms with Gasteiger partial charge < -0.3 is 4.74 Å². The van der Waals surface area contributed by atoms with Crippen LogP contribution in [0.2, 0.25) is 0 Å². The SMILES string of the molecule is COC(=O)C1N=C(c2nccs2)SC1C(F)C(C)C. The molecule has 0 aliphatic carbocycles. The maximum atomic E-state index is 14.3. The quantitative estimate of drug-likeness (QED) is 0.802. The van der Waals surface area contributed by atoms with Crippen molar-refractivity contribution in [3.63, 3.8) is 0 Å². The minimum Gasteiger partial charge on any atom is -0.467 e. The van der Waals surface area contributed by atoms with E-state index in [1.54, 1.807) is 20.0 Å². The number of carbonyl (C=O) groups is 1. The number of esters is 1. The molecule has 19 heavy (non-hydrogen) atoms. The number of methoxy groups -OCH3 is 1. The van der Waals surface area contributed by atoms with Crippen molar-refractivity contribution in [2.75, 3.05) is 7.11 Å². The fraction of sp³-hybridized carbons (Fsp3) is 0.583. The molecule has 0 bridgehead atoms. The van der Waals surface area contributed by atoms with Crippen molar-refractivity contribution in [2.24, 2.45) is 10.9 Å². The van der Waals surface area contributed by atoms with Crippen molar-refractivity contribution in [3.8, 4) is 0 Å². The molecule has 2 rings (SSSR count). The molecular formula is C12H15FN2O2S2. The molecule has 0 radical (unpaired) electrons. The Bertz CT molecular complexity index is 476. The van der Waals surface area contributed by atoms with E-state index in [0.29, 0.717) is 5.04 Å². The van der Waals surface area contributed by atoms with E-state index in [2.05, 4.69) is 9.98 Å². The number of rotatable bonds is 4. The molecule has 1 aliphatic heterocycles. The summed E-state index contributed by atoms with van der Waals surface area (Å²) in [6, 6.07) is -0.786. The molecule has 0 saturated carbocycles. The van der Waals surface area contributed by atoms with E-state index in [0.717, 1.165) is 5.01 Å². The van der Waals surface area contributed by atoms with Gasteiger partial charge in [-0.2, -0.15) is 0 Å². The van der Waals surface area contributed by atoms with Crippen molar-refractivity contribution in [1.29, 1.82) is 0 Å². The highest BCUT2D eigenvalue weighted by Gasteiger charge is 2.43. The first kappa shape index (κ1) is 14.5. The number of hydrogen-bond acceptors (Lipinski definition) is 6. The maximum absolute atomic E-state index is 14.3. The molecule has 0 aromatic carbocycles. The van der Waals surface area contributed by atoms with Crippen LogP contribution in [0.3, 0.4) is 0 Å². The third-order valence-electron chi connectivity index (χ3n) is 2.82. The third-order valence-corrected chi connectivity index (χ3v) is 5.04. The number of thioether (sulfide) groups is 1. The van der Waals surface area contributed by atoms with Gasteiger partial charge in [0.15, 0.2) is 6.04 Å². The molecule has 1 aliphatic rings. The highest BCUT2D eigenvalue weighted by Crippen LogP contribution is 2.37. The lowest BCUT2D eigenvalue weighted by atomic mass is 10.0. The first-order valence-electron chi connectivity index (χ1n) is 5.90. The second-order valence-corrected chi connectivity index (χ2v) is 6.57. The van der Waals surface area contributed by atoms with Crippen LogP contribution in [0, 0.1) is 5.92 Å². The summed E-state index contributed by atoms with van der Waals surface area (Å²) in [5.41, 5.74) is 0. The molecule has 0 spiro atoms. The summed E-state index contributed by atoms with van der Waals surface area (Å²) in [6.07, 6.45) is 0.550. The monoisotopic (exact) mass is 302 g/mol. The number of nitrogens with zero attached hydrogens (tertiary/aromatic N) is 2. The average molecular weight is 302 g/mol. The standard InChI is InChI=1S/C12H15FN2O2S2/c1-6(2)7(13)9-8(12(16)17-3)15-11(19-9)10-14-4-5-18-10/h4-9H,1-3H3. The Labute approximate surface area is 119 Å². The maximum Gasteiger partial charge on any atom is 0.331 e. The van der Waals surface area contributed by atoms with E-state index < -0.39 is 23.4 Å². The lowest BCUT2D eigenvalue weighted by Gasteiger charge is -2.21. The van der Waals surface area contributed by atoms with Gasteiger partial charge in [0, 0.05) is 11.6 Å². The van der Waals surface area contributed by atoms with E-state index in [1.807, 2.05) is 5.38 Å². The van der Waals surface area contributed by atoms with Gasteiger partial charge in [-0.05, 0) is 5.92 Å². The van der Waals surface area contributed by atoms with Gasteiger partial charge in [-0.3, -0.25) is 4.99 Å². The van der Waals surface area contributed by atoms with E-state index in [9.17, 15) is 9.18 Å². The molecule has 3 atom stereocenters. The molecule has 0 fully saturated rings. The van der Waals surface area contributed by atoms with Gasteiger partial charge in [0.05, 0.1) is 12.4 Å². The molecule has 0 saturated heterocycles. The number of alkyl halides is 1. The zero-order valence-corrected chi connectivity index (χ0v) is 12.5. The fourth-order valence-electron chi connectivity index (χ4n) is 1.78. The second kappa shape index (κ2) is 6.00. The number of carbonyl (C=O) groups excluding carboxylic acids is 1. The number of aromatic nitrogens is 1. The summed E-state index contributed by atoms with van der Waals surface area (Å²) in [7, 11) is 1.30. The molecule has 2 heterocycles. The second-order valence-electron chi connectivity index (χ2n) is 4.51. The summed E-state index contributed by atoms with van der Waals surface area (Å²) in [5, 5.41) is 2.64. The smallest absolute Gasteiger partial charge is 0.331 e. The predicted octanol–water partition coefficient (Wildman–Crippen LogP) is 2.54. The zero-order chi connectivity index (χ0) is 14.0. The van der Waals surface area contributed by atoms with Crippen molar-refractivity contribution < 1.29 is 13.9 Å². The number of ether oxygens (including phenoxy) is 1. The Kier molecular flexibility index (Phi) is 4.57. The number of aliphatic imine (C=N–C) groups is 1. The van der Waals surface area contributed by atoms with Crippen molar-refractivity contribution in [1.82, 2.24) is 4.98 Å². The molecule has 7 heteroatoms. The number of hydrogen-bond donors (Lipinski definition) is 0. The Hall–Kier alpha value is -0.950. The molecule has 104 valence electrons. The van der Waals surface area contributed by atoms with Crippen LogP contribution in [0.15, 0.2) is 16.6 Å². The lowest BCUT2D eigenvalue weighted by Crippen LogP contribution is -2.37. The van der Waals surface area contributed by atoms with Crippen LogP contribution in [-0.4, -0.2) is 40.6 Å². The van der Waals surface area contributed by atoms with Crippen LogP contribution in [0.1, 0.15) is 18.9 Å². The number of halogens is 1. The van der Waals surface area contributed by atoms with E-state index in [4.69, 9.17) is 4.74 Å². The minimum atomic E-state index is -1.12. The third kappa shape index (κ3) is 2.97. The van der Waals surface area contributed by atoms with Gasteiger partial charge >= 0.3 is 5.97 Å². The molecule has 1 aromatic rings. The van der Waals surface area contributed by atoms with Crippen LogP contribution in [0.4, 0.5) is 4.39 Å². The Morgan fingerprint density at radius 2 is 2.26 bits per heavy atom. The Morgan fingerprint density at radius 1 is 1.53 bits per heavy atom. The van der Waals surface area contributed by atoms with Crippen molar-refractivity contribution in [2.45, 2.75) is 31.3 Å². The van der Waals surface area contributed by atoms with Gasteiger partial charge in [-0.25, -0.2) is 14.2 Å². The molecule has 4 nitrogen and oxygen atoms in total. The molecular weight excluding hydrogens is 287 g/mol. The minimum absolute atomic E-state index is 0.171. The largest absolute Gasteiger partial charge is 0.467 e. The summed E-state index contributed by atoms with van der Waals surface area (Å²) in [6.45, 7) is 3.59. The fourth-order valence-corrected chi connectivity index (χ4v) is 3.93. The summed E-state index contributed by atoms with van der Waals surface area (Å²) in [5.74, 6) is -0.664. The molecule has 1 aromatic heterocycles. The van der Waals surface area contributed by atoms with Crippen LogP contribution in [0.5, 0.6) is 0 Å². The van der Waals surface area contributed by atoms with Crippen LogP contribution in [0.25, 0.3) is 0 Å². The van der Waals surface area contributed by atoms with Crippen LogP contribution in [-0.2, 0) is 9.53 Å². The topological polar surface area (TPSA) is 51.5 Å². The first-order chi connectivity index (χ1) is 9.04. The van der Waals surface area contributed by atoms with E-state index in [-0.39, 0.29) is 5.92 Å². The van der Waals surface area contributed by atoms with Crippen molar-refractivity contribution >= 4 is 34.1 Å². The van der Waals surface area contributed by atoms with Gasteiger partial charge in [-0.1, -0.05) is 25.6 Å². The summed E-state index contributed by atoms with van der Waals surface area (Å²) >= 11 is 2.71. The van der Waals surface area contributed by atoms with Crippen molar-refractivity contribution in [3.05, 3.63) is 16.6 Å². The molecule has 3 unspecified atom stereocenters. The molecule has 0 amide bonds. The Balaban J connectivity index is 2.25. The first-order valence-corrected chi connectivity index (χ1v) is 7.66. The van der Waals surface area contributed by atoms with Crippen LogP contribution < -0.4 is 0 Å². The average Bonchev–Trinajstić information content (AvgIpc) is 3.04. The highest BCUT2D eigenvalue weighted by molar-refractivity contribution is 8.15. The van der Waals surface area contributed by atoms with E-state index >= 15 is 0 Å². The number of thiazole rings is 1.